The number of carbonyl (C=O) groups is 1. The average Bonchev–Trinajstić information content (AvgIpc) is 2.86. The van der Waals surface area contributed by atoms with Crippen molar-refractivity contribution in [3.8, 4) is 0 Å². The number of rotatable bonds is 8. The van der Waals surface area contributed by atoms with E-state index in [4.69, 9.17) is 9.57 Å². The Morgan fingerprint density at radius 3 is 1.91 bits per heavy atom. The van der Waals surface area contributed by atoms with Gasteiger partial charge in [-0.1, -0.05) is 60.7 Å². The van der Waals surface area contributed by atoms with Gasteiger partial charge in [-0.25, -0.2) is 4.79 Å². The van der Waals surface area contributed by atoms with Crippen LogP contribution in [-0.4, -0.2) is 65.9 Å². The Balaban J connectivity index is 1.29. The first-order valence-corrected chi connectivity index (χ1v) is 12.4. The van der Waals surface area contributed by atoms with E-state index in [1.807, 2.05) is 0 Å². The smallest absolute Gasteiger partial charge is 0.433 e. The number of nitrogens with zero attached hydrogens (tertiary/aromatic N) is 3. The van der Waals surface area contributed by atoms with Gasteiger partial charge in [0.25, 0.3) is 0 Å². The molecule has 2 aromatic rings. The second-order valence-corrected chi connectivity index (χ2v) is 9.08. The van der Waals surface area contributed by atoms with Gasteiger partial charge in [0.05, 0.1) is 6.61 Å². The molecule has 178 valence electrons. The predicted molar refractivity (Wildman–Crippen MR) is 129 cm³/mol. The summed E-state index contributed by atoms with van der Waals surface area (Å²) in [4.78, 5) is 22.1. The summed E-state index contributed by atoms with van der Waals surface area (Å²) in [5.74, 6) is 0. The molecule has 0 bridgehead atoms. The molecule has 0 amide bonds. The van der Waals surface area contributed by atoms with E-state index in [2.05, 4.69) is 70.5 Å². The lowest BCUT2D eigenvalue weighted by Gasteiger charge is -2.43. The van der Waals surface area contributed by atoms with Crippen molar-refractivity contribution in [2.45, 2.75) is 57.8 Å². The molecule has 0 radical (unpaired) electrons. The normalized spacial score (nSPS) is 22.2. The Kier molecular flexibility index (Phi) is 8.75. The van der Waals surface area contributed by atoms with Crippen LogP contribution in [0, 0.1) is 0 Å². The second-order valence-electron chi connectivity index (χ2n) is 9.08. The number of hydroxylamine groups is 2. The van der Waals surface area contributed by atoms with E-state index >= 15 is 0 Å². The van der Waals surface area contributed by atoms with Crippen LogP contribution in [0.2, 0.25) is 0 Å². The van der Waals surface area contributed by atoms with Crippen molar-refractivity contribution in [1.82, 2.24) is 14.9 Å². The highest BCUT2D eigenvalue weighted by Crippen LogP contribution is 2.29. The molecule has 2 aliphatic rings. The zero-order valence-electron chi connectivity index (χ0n) is 19.8. The minimum atomic E-state index is -0.594. The summed E-state index contributed by atoms with van der Waals surface area (Å²) in [6.45, 7) is 7.48. The van der Waals surface area contributed by atoms with Gasteiger partial charge < -0.3 is 9.57 Å². The molecule has 6 heteroatoms. The molecule has 1 aliphatic carbocycles. The minimum absolute atomic E-state index is 0.341. The fourth-order valence-corrected chi connectivity index (χ4v) is 5.15. The first-order chi connectivity index (χ1) is 16.2. The van der Waals surface area contributed by atoms with Crippen LogP contribution >= 0.6 is 0 Å². The summed E-state index contributed by atoms with van der Waals surface area (Å²) >= 11 is 0. The van der Waals surface area contributed by atoms with Gasteiger partial charge in [0.2, 0.25) is 0 Å². The van der Waals surface area contributed by atoms with Crippen molar-refractivity contribution in [3.05, 3.63) is 71.8 Å². The van der Waals surface area contributed by atoms with Crippen LogP contribution in [0.3, 0.4) is 0 Å². The molecule has 1 heterocycles. The number of carbonyl (C=O) groups excluding carboxylic acids is 1. The van der Waals surface area contributed by atoms with E-state index in [0.29, 0.717) is 18.7 Å². The maximum Gasteiger partial charge on any atom is 0.527 e. The summed E-state index contributed by atoms with van der Waals surface area (Å²) < 4.78 is 4.89. The summed E-state index contributed by atoms with van der Waals surface area (Å²) in [5, 5.41) is 1.74. The number of benzene rings is 2. The second kappa shape index (κ2) is 12.2. The molecule has 0 atom stereocenters. The zero-order valence-corrected chi connectivity index (χ0v) is 19.8. The molecule has 2 aromatic carbocycles. The molecule has 0 unspecified atom stereocenters. The van der Waals surface area contributed by atoms with Gasteiger partial charge in [0.15, 0.2) is 0 Å². The molecular formula is C27H37N3O3. The van der Waals surface area contributed by atoms with Crippen LogP contribution in [0.4, 0.5) is 4.79 Å². The van der Waals surface area contributed by atoms with Crippen LogP contribution in [0.15, 0.2) is 60.7 Å². The number of piperazine rings is 1. The van der Waals surface area contributed by atoms with Gasteiger partial charge >= 0.3 is 6.16 Å². The molecule has 33 heavy (non-hydrogen) atoms. The molecule has 2 fully saturated rings. The maximum absolute atomic E-state index is 11.6. The minimum Gasteiger partial charge on any atom is -0.433 e. The maximum atomic E-state index is 11.6. The van der Waals surface area contributed by atoms with Crippen molar-refractivity contribution in [2.24, 2.45) is 0 Å². The summed E-state index contributed by atoms with van der Waals surface area (Å²) in [7, 11) is 0. The van der Waals surface area contributed by atoms with Crippen LogP contribution in [0.25, 0.3) is 0 Å². The van der Waals surface area contributed by atoms with Crippen LogP contribution in [-0.2, 0) is 22.7 Å². The van der Waals surface area contributed by atoms with Gasteiger partial charge in [0, 0.05) is 51.4 Å². The topological polar surface area (TPSA) is 45.3 Å². The highest BCUT2D eigenvalue weighted by molar-refractivity contribution is 5.59. The van der Waals surface area contributed by atoms with E-state index in [1.54, 1.807) is 12.0 Å². The molecule has 4 rings (SSSR count). The van der Waals surface area contributed by atoms with Crippen LogP contribution < -0.4 is 0 Å². The Morgan fingerprint density at radius 2 is 1.39 bits per heavy atom. The van der Waals surface area contributed by atoms with Crippen molar-refractivity contribution in [3.63, 3.8) is 0 Å². The van der Waals surface area contributed by atoms with Gasteiger partial charge in [-0.05, 0) is 43.7 Å². The molecule has 1 saturated heterocycles. The standard InChI is InChI=1S/C27H37N3O3/c1-2-32-27(31)33-30-19-17-28(18-20-30)25-13-15-26(16-14-25)29(21-23-9-5-3-6-10-23)22-24-11-7-4-8-12-24/h3-12,25-26H,2,13-22H2,1H3. The first kappa shape index (κ1) is 23.7. The molecule has 1 aliphatic heterocycles. The van der Waals surface area contributed by atoms with E-state index in [-0.39, 0.29) is 0 Å². The third-order valence-corrected chi connectivity index (χ3v) is 6.90. The predicted octanol–water partition coefficient (Wildman–Crippen LogP) is 4.71. The zero-order chi connectivity index (χ0) is 22.9. The van der Waals surface area contributed by atoms with Gasteiger partial charge in [-0.3, -0.25) is 9.80 Å². The van der Waals surface area contributed by atoms with Gasteiger partial charge in [0.1, 0.15) is 0 Å². The molecule has 0 N–H and O–H groups in total. The van der Waals surface area contributed by atoms with E-state index in [0.717, 1.165) is 39.3 Å². The fourth-order valence-electron chi connectivity index (χ4n) is 5.15. The molecule has 1 saturated carbocycles. The molecular weight excluding hydrogens is 414 g/mol. The van der Waals surface area contributed by atoms with Gasteiger partial charge in [-0.2, -0.15) is 0 Å². The van der Waals surface area contributed by atoms with Crippen molar-refractivity contribution in [1.29, 1.82) is 0 Å². The Hall–Kier alpha value is -2.41. The highest BCUT2D eigenvalue weighted by atomic mass is 16.8. The Bertz CT molecular complexity index is 791. The lowest BCUT2D eigenvalue weighted by molar-refractivity contribution is -0.150. The quantitative estimate of drug-likeness (QED) is 0.542. The lowest BCUT2D eigenvalue weighted by Crippen LogP contribution is -2.52. The number of hydrogen-bond acceptors (Lipinski definition) is 6. The molecule has 6 nitrogen and oxygen atoms in total. The number of ether oxygens (including phenoxy) is 1. The lowest BCUT2D eigenvalue weighted by atomic mass is 9.88. The largest absolute Gasteiger partial charge is 0.527 e. The van der Waals surface area contributed by atoms with Crippen molar-refractivity contribution >= 4 is 6.16 Å². The molecule has 0 spiro atoms. The van der Waals surface area contributed by atoms with Crippen LogP contribution in [0.5, 0.6) is 0 Å². The van der Waals surface area contributed by atoms with Crippen LogP contribution in [0.1, 0.15) is 43.7 Å². The Labute approximate surface area is 198 Å². The molecule has 0 aromatic heterocycles. The van der Waals surface area contributed by atoms with Crippen molar-refractivity contribution in [2.75, 3.05) is 32.8 Å². The number of hydrogen-bond donors (Lipinski definition) is 0. The Morgan fingerprint density at radius 1 is 0.848 bits per heavy atom. The highest BCUT2D eigenvalue weighted by Gasteiger charge is 2.31. The summed E-state index contributed by atoms with van der Waals surface area (Å²) in [6, 6.07) is 22.9. The summed E-state index contributed by atoms with van der Waals surface area (Å²) in [6.07, 6.45) is 4.31. The average molecular weight is 452 g/mol. The SMILES string of the molecule is CCOC(=O)ON1CCN(C2CCC(N(Cc3ccccc3)Cc3ccccc3)CC2)CC1. The van der Waals surface area contributed by atoms with E-state index in [1.165, 1.54) is 36.8 Å². The first-order valence-electron chi connectivity index (χ1n) is 12.4. The van der Waals surface area contributed by atoms with E-state index < -0.39 is 6.16 Å². The summed E-state index contributed by atoms with van der Waals surface area (Å²) in [5.41, 5.74) is 2.77. The third-order valence-electron chi connectivity index (χ3n) is 6.90. The van der Waals surface area contributed by atoms with E-state index in [9.17, 15) is 4.79 Å². The van der Waals surface area contributed by atoms with Crippen molar-refractivity contribution < 1.29 is 14.4 Å². The third kappa shape index (κ3) is 7.03. The van der Waals surface area contributed by atoms with Gasteiger partial charge in [-0.15, -0.1) is 5.06 Å². The fraction of sp³-hybridized carbons (Fsp3) is 0.519. The monoisotopic (exact) mass is 451 g/mol.